The van der Waals surface area contributed by atoms with Crippen molar-refractivity contribution in [3.05, 3.63) is 11.3 Å². The number of ether oxygens (including phenoxy) is 2. The van der Waals surface area contributed by atoms with Gasteiger partial charge in [-0.3, -0.25) is 0 Å². The maximum atomic E-state index is 11.6. The van der Waals surface area contributed by atoms with Crippen LogP contribution >= 0.6 is 0 Å². The highest BCUT2D eigenvalue weighted by molar-refractivity contribution is 5.78. The minimum Gasteiger partial charge on any atom is -0.481 e. The van der Waals surface area contributed by atoms with Gasteiger partial charge in [-0.05, 0) is 14.0 Å². The standard InChI is InChI=1S/C10H17N3O3/c1-6-7(8(11-2)10(14)16-5)9(15-4)13(3)12-6/h8,11H,1-5H3. The van der Waals surface area contributed by atoms with E-state index in [2.05, 4.69) is 10.4 Å². The van der Waals surface area contributed by atoms with Crippen molar-refractivity contribution in [2.75, 3.05) is 21.3 Å². The molecule has 90 valence electrons. The van der Waals surface area contributed by atoms with Crippen molar-refractivity contribution in [3.8, 4) is 5.88 Å². The largest absolute Gasteiger partial charge is 0.481 e. The topological polar surface area (TPSA) is 65.4 Å². The zero-order valence-electron chi connectivity index (χ0n) is 10.2. The summed E-state index contributed by atoms with van der Waals surface area (Å²) in [6.45, 7) is 1.82. The molecule has 6 nitrogen and oxygen atoms in total. The fraction of sp³-hybridized carbons (Fsp3) is 0.600. The lowest BCUT2D eigenvalue weighted by Gasteiger charge is -2.14. The summed E-state index contributed by atoms with van der Waals surface area (Å²) in [6.07, 6.45) is 0. The third-order valence-corrected chi connectivity index (χ3v) is 2.42. The van der Waals surface area contributed by atoms with Crippen molar-refractivity contribution < 1.29 is 14.3 Å². The van der Waals surface area contributed by atoms with Gasteiger partial charge in [-0.15, -0.1) is 0 Å². The summed E-state index contributed by atoms with van der Waals surface area (Å²) in [5.74, 6) is 0.194. The van der Waals surface area contributed by atoms with Gasteiger partial charge in [-0.2, -0.15) is 5.10 Å². The van der Waals surface area contributed by atoms with Gasteiger partial charge in [-0.25, -0.2) is 9.48 Å². The maximum absolute atomic E-state index is 11.6. The van der Waals surface area contributed by atoms with E-state index in [0.717, 1.165) is 5.69 Å². The second kappa shape index (κ2) is 4.98. The number of esters is 1. The number of hydrogen-bond donors (Lipinski definition) is 1. The molecule has 0 saturated heterocycles. The molecule has 1 rings (SSSR count). The molecule has 0 aliphatic rings. The molecule has 1 N–H and O–H groups in total. The van der Waals surface area contributed by atoms with Crippen LogP contribution in [0.15, 0.2) is 0 Å². The minimum atomic E-state index is -0.561. The third kappa shape index (κ3) is 2.01. The molecule has 1 aromatic heterocycles. The van der Waals surface area contributed by atoms with Gasteiger partial charge in [0.1, 0.15) is 6.04 Å². The first-order valence-electron chi connectivity index (χ1n) is 4.89. The van der Waals surface area contributed by atoms with Crippen LogP contribution in [-0.2, 0) is 16.6 Å². The van der Waals surface area contributed by atoms with Crippen molar-refractivity contribution in [1.29, 1.82) is 0 Å². The van der Waals surface area contributed by atoms with Gasteiger partial charge in [0.05, 0.1) is 25.5 Å². The number of aromatic nitrogens is 2. The van der Waals surface area contributed by atoms with Crippen molar-refractivity contribution in [2.45, 2.75) is 13.0 Å². The zero-order valence-corrected chi connectivity index (χ0v) is 10.2. The van der Waals surface area contributed by atoms with Crippen LogP contribution in [0.25, 0.3) is 0 Å². The number of nitrogens with one attached hydrogen (secondary N) is 1. The molecule has 1 aromatic rings. The fourth-order valence-corrected chi connectivity index (χ4v) is 1.73. The van der Waals surface area contributed by atoms with Crippen LogP contribution in [0.5, 0.6) is 5.88 Å². The van der Waals surface area contributed by atoms with Gasteiger partial charge in [0.25, 0.3) is 0 Å². The molecule has 1 heterocycles. The quantitative estimate of drug-likeness (QED) is 0.743. The Morgan fingerprint density at radius 2 is 2.12 bits per heavy atom. The Bertz CT molecular complexity index is 387. The normalized spacial score (nSPS) is 12.3. The van der Waals surface area contributed by atoms with Crippen LogP contribution in [0.2, 0.25) is 0 Å². The Hall–Kier alpha value is -1.56. The molecular weight excluding hydrogens is 210 g/mol. The van der Waals surface area contributed by atoms with E-state index in [-0.39, 0.29) is 5.97 Å². The molecule has 0 radical (unpaired) electrons. The summed E-state index contributed by atoms with van der Waals surface area (Å²) in [5.41, 5.74) is 1.45. The first-order chi connectivity index (χ1) is 7.56. The van der Waals surface area contributed by atoms with Gasteiger partial charge in [0.2, 0.25) is 5.88 Å². The Morgan fingerprint density at radius 1 is 1.50 bits per heavy atom. The Labute approximate surface area is 94.5 Å². The molecule has 1 unspecified atom stereocenters. The summed E-state index contributed by atoms with van der Waals surface area (Å²) in [6, 6.07) is -0.561. The third-order valence-electron chi connectivity index (χ3n) is 2.42. The first-order valence-corrected chi connectivity index (χ1v) is 4.89. The number of aryl methyl sites for hydroxylation is 2. The molecule has 1 atom stereocenters. The highest BCUT2D eigenvalue weighted by atomic mass is 16.5. The van der Waals surface area contributed by atoms with Gasteiger partial charge in [0, 0.05) is 7.05 Å². The van der Waals surface area contributed by atoms with E-state index < -0.39 is 6.04 Å². The van der Waals surface area contributed by atoms with Crippen LogP contribution in [0, 0.1) is 6.92 Å². The van der Waals surface area contributed by atoms with Crippen LogP contribution in [0.1, 0.15) is 17.3 Å². The van der Waals surface area contributed by atoms with Crippen molar-refractivity contribution in [1.82, 2.24) is 15.1 Å². The highest BCUT2D eigenvalue weighted by Crippen LogP contribution is 2.28. The van der Waals surface area contributed by atoms with Gasteiger partial charge in [-0.1, -0.05) is 0 Å². The van der Waals surface area contributed by atoms with Gasteiger partial charge in [0.15, 0.2) is 0 Å². The predicted octanol–water partition coefficient (Wildman–Crippen LogP) is 0.171. The molecule has 0 aliphatic carbocycles. The summed E-state index contributed by atoms with van der Waals surface area (Å²) >= 11 is 0. The lowest BCUT2D eigenvalue weighted by Crippen LogP contribution is -2.27. The minimum absolute atomic E-state index is 0.364. The van der Waals surface area contributed by atoms with Crippen LogP contribution < -0.4 is 10.1 Å². The van der Waals surface area contributed by atoms with Crippen LogP contribution in [0.4, 0.5) is 0 Å². The highest BCUT2D eigenvalue weighted by Gasteiger charge is 2.28. The van der Waals surface area contributed by atoms with E-state index in [4.69, 9.17) is 9.47 Å². The molecule has 0 saturated carbocycles. The molecular formula is C10H17N3O3. The molecule has 6 heteroatoms. The van der Waals surface area contributed by atoms with E-state index in [9.17, 15) is 4.79 Å². The first kappa shape index (κ1) is 12.5. The lowest BCUT2D eigenvalue weighted by atomic mass is 10.1. The molecule has 0 aromatic carbocycles. The van der Waals surface area contributed by atoms with E-state index in [1.54, 1.807) is 25.9 Å². The van der Waals surface area contributed by atoms with Crippen molar-refractivity contribution >= 4 is 5.97 Å². The number of hydrogen-bond acceptors (Lipinski definition) is 5. The Kier molecular flexibility index (Phi) is 3.89. The number of likely N-dealkylation sites (N-methyl/N-ethyl adjacent to an activating group) is 1. The number of nitrogens with zero attached hydrogens (tertiary/aromatic N) is 2. The number of carbonyl (C=O) groups excluding carboxylic acids is 1. The van der Waals surface area contributed by atoms with Gasteiger partial charge < -0.3 is 14.8 Å². The average Bonchev–Trinajstić information content (AvgIpc) is 2.54. The second-order valence-corrected chi connectivity index (χ2v) is 3.38. The number of methoxy groups -OCH3 is 2. The van der Waals surface area contributed by atoms with E-state index in [0.29, 0.717) is 11.4 Å². The SMILES string of the molecule is CNC(C(=O)OC)c1c(C)nn(C)c1OC. The Morgan fingerprint density at radius 3 is 2.56 bits per heavy atom. The van der Waals surface area contributed by atoms with Crippen molar-refractivity contribution in [3.63, 3.8) is 0 Å². The molecule has 0 fully saturated rings. The summed E-state index contributed by atoms with van der Waals surface area (Å²) in [5, 5.41) is 7.10. The van der Waals surface area contributed by atoms with E-state index >= 15 is 0 Å². The fourth-order valence-electron chi connectivity index (χ4n) is 1.73. The molecule has 0 spiro atoms. The zero-order chi connectivity index (χ0) is 12.3. The lowest BCUT2D eigenvalue weighted by molar-refractivity contribution is -0.143. The summed E-state index contributed by atoms with van der Waals surface area (Å²) in [7, 11) is 6.35. The van der Waals surface area contributed by atoms with Crippen LogP contribution in [0.3, 0.4) is 0 Å². The molecule has 0 aliphatic heterocycles. The Balaban J connectivity index is 3.23. The van der Waals surface area contributed by atoms with Gasteiger partial charge >= 0.3 is 5.97 Å². The monoisotopic (exact) mass is 227 g/mol. The maximum Gasteiger partial charge on any atom is 0.327 e. The second-order valence-electron chi connectivity index (χ2n) is 3.38. The number of rotatable bonds is 4. The summed E-state index contributed by atoms with van der Waals surface area (Å²) < 4.78 is 11.5. The molecule has 16 heavy (non-hydrogen) atoms. The van der Waals surface area contributed by atoms with Crippen molar-refractivity contribution in [2.24, 2.45) is 7.05 Å². The molecule has 0 bridgehead atoms. The van der Waals surface area contributed by atoms with E-state index in [1.807, 2.05) is 6.92 Å². The van der Waals surface area contributed by atoms with Crippen LogP contribution in [-0.4, -0.2) is 37.0 Å². The van der Waals surface area contributed by atoms with E-state index in [1.165, 1.54) is 7.11 Å². The predicted molar refractivity (Wildman–Crippen MR) is 58.3 cm³/mol. The average molecular weight is 227 g/mol. The number of carbonyl (C=O) groups is 1. The molecule has 0 amide bonds. The smallest absolute Gasteiger partial charge is 0.327 e. The summed E-state index contributed by atoms with van der Waals surface area (Å²) in [4.78, 5) is 11.6.